The van der Waals surface area contributed by atoms with Gasteiger partial charge in [0.2, 0.25) is 0 Å². The average molecular weight is 263 g/mol. The van der Waals surface area contributed by atoms with Crippen LogP contribution in [0.25, 0.3) is 0 Å². The number of methoxy groups -OCH3 is 1. The first-order chi connectivity index (χ1) is 9.14. The van der Waals surface area contributed by atoms with Crippen molar-refractivity contribution in [1.82, 2.24) is 0 Å². The third-order valence-corrected chi connectivity index (χ3v) is 4.28. The van der Waals surface area contributed by atoms with E-state index < -0.39 is 0 Å². The fraction of sp³-hybridized carbons (Fsp3) is 0.667. The summed E-state index contributed by atoms with van der Waals surface area (Å²) in [5.74, 6) is 0.853. The van der Waals surface area contributed by atoms with Crippen molar-refractivity contribution < 1.29 is 14.3 Å². The first-order valence-electron chi connectivity index (χ1n) is 6.85. The predicted molar refractivity (Wildman–Crippen MR) is 73.0 cm³/mol. The highest BCUT2D eigenvalue weighted by molar-refractivity contribution is 5.78. The summed E-state index contributed by atoms with van der Waals surface area (Å²) in [6.45, 7) is 5.11. The van der Waals surface area contributed by atoms with Crippen LogP contribution in [0.15, 0.2) is 29.0 Å². The minimum Gasteiger partial charge on any atom is -0.393 e. The molecule has 1 heterocycles. The van der Waals surface area contributed by atoms with Crippen LogP contribution in [0.5, 0.6) is 0 Å². The first-order valence-corrected chi connectivity index (χ1v) is 6.85. The molecule has 0 aromatic carbocycles. The maximum absolute atomic E-state index is 5.85. The van der Waals surface area contributed by atoms with Gasteiger partial charge in [0, 0.05) is 18.9 Å². The largest absolute Gasteiger partial charge is 0.393 e. The SMILES string of the molecule is COC12C=CC1C=C1C(COC1CON=C(C)C)C2. The number of hydrogen-bond donors (Lipinski definition) is 0. The van der Waals surface area contributed by atoms with Gasteiger partial charge in [-0.05, 0) is 25.8 Å². The lowest BCUT2D eigenvalue weighted by Gasteiger charge is -2.46. The fourth-order valence-corrected chi connectivity index (χ4v) is 3.19. The van der Waals surface area contributed by atoms with Crippen molar-refractivity contribution in [3.63, 3.8) is 0 Å². The maximum atomic E-state index is 5.85. The average Bonchev–Trinajstić information content (AvgIpc) is 2.73. The molecule has 0 radical (unpaired) electrons. The lowest BCUT2D eigenvalue weighted by atomic mass is 9.65. The van der Waals surface area contributed by atoms with Gasteiger partial charge in [0.1, 0.15) is 12.7 Å². The van der Waals surface area contributed by atoms with Crippen LogP contribution in [-0.4, -0.2) is 37.7 Å². The lowest BCUT2D eigenvalue weighted by Crippen LogP contribution is -2.47. The normalized spacial score (nSPS) is 38.9. The Morgan fingerprint density at radius 3 is 3.00 bits per heavy atom. The Balaban J connectivity index is 1.70. The molecule has 1 fully saturated rings. The molecule has 3 aliphatic rings. The summed E-state index contributed by atoms with van der Waals surface area (Å²) in [5.41, 5.74) is 2.21. The van der Waals surface area contributed by atoms with Crippen LogP contribution in [0.3, 0.4) is 0 Å². The first kappa shape index (κ1) is 12.9. The Morgan fingerprint density at radius 2 is 2.37 bits per heavy atom. The van der Waals surface area contributed by atoms with E-state index >= 15 is 0 Å². The molecule has 104 valence electrons. The van der Waals surface area contributed by atoms with E-state index in [1.54, 1.807) is 7.11 Å². The summed E-state index contributed by atoms with van der Waals surface area (Å²) in [7, 11) is 1.80. The number of rotatable bonds is 4. The summed E-state index contributed by atoms with van der Waals surface area (Å²) >= 11 is 0. The molecule has 0 N–H and O–H groups in total. The van der Waals surface area contributed by atoms with E-state index in [0.717, 1.165) is 18.7 Å². The Bertz CT molecular complexity index is 450. The van der Waals surface area contributed by atoms with Gasteiger partial charge in [-0.3, -0.25) is 0 Å². The summed E-state index contributed by atoms with van der Waals surface area (Å²) in [5, 5.41) is 3.97. The van der Waals surface area contributed by atoms with Crippen LogP contribution in [0.2, 0.25) is 0 Å². The number of oxime groups is 1. The highest BCUT2D eigenvalue weighted by Gasteiger charge is 2.49. The predicted octanol–water partition coefficient (Wildman–Crippen LogP) is 2.32. The van der Waals surface area contributed by atoms with E-state index in [-0.39, 0.29) is 11.7 Å². The maximum Gasteiger partial charge on any atom is 0.147 e. The van der Waals surface area contributed by atoms with Crippen molar-refractivity contribution in [2.24, 2.45) is 17.0 Å². The van der Waals surface area contributed by atoms with Crippen LogP contribution < -0.4 is 0 Å². The van der Waals surface area contributed by atoms with Gasteiger partial charge in [-0.1, -0.05) is 23.4 Å². The van der Waals surface area contributed by atoms with E-state index in [4.69, 9.17) is 14.3 Å². The monoisotopic (exact) mass is 263 g/mol. The van der Waals surface area contributed by atoms with Crippen molar-refractivity contribution in [2.45, 2.75) is 32.0 Å². The zero-order valence-corrected chi connectivity index (χ0v) is 11.8. The van der Waals surface area contributed by atoms with Gasteiger partial charge in [0.25, 0.3) is 0 Å². The molecule has 4 nitrogen and oxygen atoms in total. The number of nitrogens with zero attached hydrogens (tertiary/aromatic N) is 1. The molecule has 2 aliphatic carbocycles. The van der Waals surface area contributed by atoms with E-state index in [1.165, 1.54) is 5.57 Å². The summed E-state index contributed by atoms with van der Waals surface area (Å²) < 4.78 is 11.5. The third kappa shape index (κ3) is 2.13. The van der Waals surface area contributed by atoms with Gasteiger partial charge in [-0.15, -0.1) is 0 Å². The molecule has 4 unspecified atom stereocenters. The molecule has 3 rings (SSSR count). The molecular weight excluding hydrogens is 242 g/mol. The van der Waals surface area contributed by atoms with Crippen LogP contribution in [0.4, 0.5) is 0 Å². The topological polar surface area (TPSA) is 40.0 Å². The van der Waals surface area contributed by atoms with Gasteiger partial charge in [-0.2, -0.15) is 0 Å². The summed E-state index contributed by atoms with van der Waals surface area (Å²) in [4.78, 5) is 5.33. The van der Waals surface area contributed by atoms with Crippen LogP contribution in [-0.2, 0) is 14.3 Å². The number of ether oxygens (including phenoxy) is 2. The highest BCUT2D eigenvalue weighted by atomic mass is 16.6. The quantitative estimate of drug-likeness (QED) is 0.444. The van der Waals surface area contributed by atoms with Gasteiger partial charge in [-0.25, -0.2) is 0 Å². The molecule has 1 aliphatic heterocycles. The van der Waals surface area contributed by atoms with Crippen LogP contribution in [0, 0.1) is 11.8 Å². The van der Waals surface area contributed by atoms with Crippen molar-refractivity contribution in [3.8, 4) is 0 Å². The van der Waals surface area contributed by atoms with Crippen molar-refractivity contribution in [1.29, 1.82) is 0 Å². The number of hydrogen-bond acceptors (Lipinski definition) is 4. The summed E-state index contributed by atoms with van der Waals surface area (Å²) in [6.07, 6.45) is 7.76. The van der Waals surface area contributed by atoms with Crippen LogP contribution >= 0.6 is 0 Å². The zero-order chi connectivity index (χ0) is 13.5. The highest BCUT2D eigenvalue weighted by Crippen LogP contribution is 2.49. The van der Waals surface area contributed by atoms with Gasteiger partial charge >= 0.3 is 0 Å². The second-order valence-corrected chi connectivity index (χ2v) is 5.77. The minimum atomic E-state index is -0.0779. The Hall–Kier alpha value is -1.13. The minimum absolute atomic E-state index is 0.0527. The molecule has 0 bridgehead atoms. The molecule has 4 atom stereocenters. The summed E-state index contributed by atoms with van der Waals surface area (Å²) in [6, 6.07) is 0. The number of fused-ring (bicyclic) bond motifs is 2. The zero-order valence-electron chi connectivity index (χ0n) is 11.8. The third-order valence-electron chi connectivity index (χ3n) is 4.28. The molecular formula is C15H21NO3. The van der Waals surface area contributed by atoms with Crippen LogP contribution in [0.1, 0.15) is 20.3 Å². The van der Waals surface area contributed by atoms with Crippen molar-refractivity contribution >= 4 is 5.71 Å². The molecule has 4 heteroatoms. The van der Waals surface area contributed by atoms with Gasteiger partial charge in [0.05, 0.1) is 17.9 Å². The molecule has 0 spiro atoms. The van der Waals surface area contributed by atoms with Crippen molar-refractivity contribution in [2.75, 3.05) is 20.3 Å². The lowest BCUT2D eigenvalue weighted by molar-refractivity contribution is -0.0285. The second-order valence-electron chi connectivity index (χ2n) is 5.77. The van der Waals surface area contributed by atoms with Crippen molar-refractivity contribution in [3.05, 3.63) is 23.8 Å². The van der Waals surface area contributed by atoms with E-state index in [1.807, 2.05) is 13.8 Å². The van der Waals surface area contributed by atoms with E-state index in [9.17, 15) is 0 Å². The van der Waals surface area contributed by atoms with E-state index in [2.05, 4.69) is 23.4 Å². The molecule has 19 heavy (non-hydrogen) atoms. The molecule has 0 aromatic heterocycles. The van der Waals surface area contributed by atoms with Gasteiger partial charge in [0.15, 0.2) is 0 Å². The standard InChI is InChI=1S/C15H21NO3/c1-10(2)16-19-9-14-13-6-12-4-5-15(12,17-3)7-11(13)8-18-14/h4-6,11-12,14H,7-9H2,1-3H3. The molecule has 0 amide bonds. The fourth-order valence-electron chi connectivity index (χ4n) is 3.19. The molecule has 0 aromatic rings. The van der Waals surface area contributed by atoms with E-state index in [0.29, 0.717) is 18.4 Å². The Labute approximate surface area is 114 Å². The Morgan fingerprint density at radius 1 is 1.53 bits per heavy atom. The van der Waals surface area contributed by atoms with Gasteiger partial charge < -0.3 is 14.3 Å². The smallest absolute Gasteiger partial charge is 0.147 e. The molecule has 1 saturated heterocycles. The second kappa shape index (κ2) is 4.76. The molecule has 0 saturated carbocycles. The Kier molecular flexibility index (Phi) is 3.23.